The van der Waals surface area contributed by atoms with Crippen molar-refractivity contribution in [1.82, 2.24) is 9.78 Å². The number of halogens is 1. The Labute approximate surface area is 177 Å². The largest absolute Gasteiger partial charge is 0.404 e. The number of unbranched alkanes of at least 4 members (excludes halogenated alkanes) is 2. The number of hydrogen-bond donors (Lipinski definition) is 0. The normalized spacial score (nSPS) is 11.5. The summed E-state index contributed by atoms with van der Waals surface area (Å²) in [6.45, 7) is 8.25. The van der Waals surface area contributed by atoms with E-state index < -0.39 is 5.97 Å². The van der Waals surface area contributed by atoms with Crippen molar-refractivity contribution in [2.24, 2.45) is 0 Å². The Morgan fingerprint density at radius 2 is 1.80 bits per heavy atom. The third-order valence-corrected chi connectivity index (χ3v) is 4.95. The molecule has 0 amide bonds. The average molecular weight is 409 g/mol. The zero-order valence-corrected chi connectivity index (χ0v) is 18.1. The van der Waals surface area contributed by atoms with Crippen LogP contribution in [0.5, 0.6) is 5.88 Å². The van der Waals surface area contributed by atoms with E-state index in [-0.39, 0.29) is 17.1 Å². The summed E-state index contributed by atoms with van der Waals surface area (Å²) >= 11 is 0. The highest BCUT2D eigenvalue weighted by atomic mass is 19.1. The Bertz CT molecular complexity index is 1000. The number of esters is 1. The molecule has 0 fully saturated rings. The lowest BCUT2D eigenvalue weighted by molar-refractivity contribution is 0.0723. The second-order valence-electron chi connectivity index (χ2n) is 8.55. The third kappa shape index (κ3) is 5.35. The number of rotatable bonds is 7. The molecule has 0 aliphatic carbocycles. The van der Waals surface area contributed by atoms with Crippen molar-refractivity contribution in [3.8, 4) is 11.6 Å². The summed E-state index contributed by atoms with van der Waals surface area (Å²) in [5.41, 5.74) is 2.68. The van der Waals surface area contributed by atoms with Crippen LogP contribution in [0.2, 0.25) is 0 Å². The molecular formula is C25H29FN2O2. The smallest absolute Gasteiger partial charge is 0.344 e. The standard InChI is InChI=1S/C25H29FN2O2/c1-5-6-7-9-18-12-14-19(15-13-18)24(29)30-23-17-22(25(2,3)4)27-28(23)21-11-8-10-20(26)16-21/h8,10-17H,5-7,9H2,1-4H3. The monoisotopic (exact) mass is 408 g/mol. The molecule has 1 heterocycles. The van der Waals surface area contributed by atoms with Gasteiger partial charge in [-0.2, -0.15) is 5.10 Å². The first-order valence-corrected chi connectivity index (χ1v) is 10.5. The second kappa shape index (κ2) is 9.24. The molecule has 0 saturated carbocycles. The van der Waals surface area contributed by atoms with Gasteiger partial charge in [0, 0.05) is 11.5 Å². The van der Waals surface area contributed by atoms with E-state index in [1.165, 1.54) is 35.2 Å². The van der Waals surface area contributed by atoms with Gasteiger partial charge in [0.15, 0.2) is 0 Å². The van der Waals surface area contributed by atoms with E-state index in [0.29, 0.717) is 11.3 Å². The highest BCUT2D eigenvalue weighted by molar-refractivity contribution is 5.91. The van der Waals surface area contributed by atoms with Gasteiger partial charge in [-0.05, 0) is 48.7 Å². The fourth-order valence-corrected chi connectivity index (χ4v) is 3.14. The van der Waals surface area contributed by atoms with Gasteiger partial charge in [0.2, 0.25) is 5.88 Å². The van der Waals surface area contributed by atoms with E-state index in [2.05, 4.69) is 12.0 Å². The van der Waals surface area contributed by atoms with Crippen LogP contribution >= 0.6 is 0 Å². The summed E-state index contributed by atoms with van der Waals surface area (Å²) in [6.07, 6.45) is 4.52. The molecular weight excluding hydrogens is 379 g/mol. The van der Waals surface area contributed by atoms with Crippen LogP contribution in [-0.2, 0) is 11.8 Å². The number of aryl methyl sites for hydroxylation is 1. The lowest BCUT2D eigenvalue weighted by Gasteiger charge is -2.13. The first-order chi connectivity index (χ1) is 14.3. The highest BCUT2D eigenvalue weighted by Gasteiger charge is 2.23. The van der Waals surface area contributed by atoms with E-state index in [0.717, 1.165) is 18.5 Å². The van der Waals surface area contributed by atoms with E-state index in [9.17, 15) is 9.18 Å². The summed E-state index contributed by atoms with van der Waals surface area (Å²) < 4.78 is 20.9. The first kappa shape index (κ1) is 21.8. The SMILES string of the molecule is CCCCCc1ccc(C(=O)Oc2cc(C(C)(C)C)nn2-c2cccc(F)c2)cc1. The average Bonchev–Trinajstić information content (AvgIpc) is 3.13. The number of aromatic nitrogens is 2. The number of benzene rings is 2. The van der Waals surface area contributed by atoms with Gasteiger partial charge < -0.3 is 4.74 Å². The molecule has 0 radical (unpaired) electrons. The second-order valence-corrected chi connectivity index (χ2v) is 8.55. The van der Waals surface area contributed by atoms with Crippen molar-refractivity contribution < 1.29 is 13.9 Å². The summed E-state index contributed by atoms with van der Waals surface area (Å²) in [5.74, 6) is -0.577. The molecule has 0 atom stereocenters. The van der Waals surface area contributed by atoms with Gasteiger partial charge in [0.1, 0.15) is 5.82 Å². The number of ether oxygens (including phenoxy) is 1. The Morgan fingerprint density at radius 3 is 2.43 bits per heavy atom. The number of hydrogen-bond acceptors (Lipinski definition) is 3. The minimum absolute atomic E-state index is 0.250. The highest BCUT2D eigenvalue weighted by Crippen LogP contribution is 2.28. The molecule has 1 aromatic heterocycles. The quantitative estimate of drug-likeness (QED) is 0.342. The van der Waals surface area contributed by atoms with E-state index >= 15 is 0 Å². The van der Waals surface area contributed by atoms with Crippen molar-refractivity contribution in [1.29, 1.82) is 0 Å². The van der Waals surface area contributed by atoms with E-state index in [1.807, 2.05) is 32.9 Å². The Balaban J connectivity index is 1.84. The van der Waals surface area contributed by atoms with Crippen molar-refractivity contribution in [2.45, 2.75) is 58.8 Å². The molecule has 3 rings (SSSR count). The molecule has 0 N–H and O–H groups in total. The van der Waals surface area contributed by atoms with Crippen LogP contribution in [0.15, 0.2) is 54.6 Å². The zero-order chi connectivity index (χ0) is 21.7. The number of carbonyl (C=O) groups excluding carboxylic acids is 1. The minimum atomic E-state index is -0.465. The molecule has 30 heavy (non-hydrogen) atoms. The van der Waals surface area contributed by atoms with E-state index in [4.69, 9.17) is 4.74 Å². The van der Waals surface area contributed by atoms with Gasteiger partial charge in [-0.3, -0.25) is 0 Å². The van der Waals surface area contributed by atoms with Gasteiger partial charge in [-0.1, -0.05) is 58.7 Å². The molecule has 0 unspecified atom stereocenters. The maximum atomic E-state index is 13.8. The molecule has 0 aliphatic heterocycles. The summed E-state index contributed by atoms with van der Waals surface area (Å²) in [7, 11) is 0. The Morgan fingerprint density at radius 1 is 1.07 bits per heavy atom. The number of nitrogens with zero attached hydrogens (tertiary/aromatic N) is 2. The van der Waals surface area contributed by atoms with Crippen LogP contribution in [0.25, 0.3) is 5.69 Å². The lowest BCUT2D eigenvalue weighted by Crippen LogP contribution is -2.13. The van der Waals surface area contributed by atoms with Gasteiger partial charge in [0.25, 0.3) is 0 Å². The first-order valence-electron chi connectivity index (χ1n) is 10.5. The van der Waals surface area contributed by atoms with Gasteiger partial charge in [-0.25, -0.2) is 13.9 Å². The molecule has 0 bridgehead atoms. The topological polar surface area (TPSA) is 44.1 Å². The molecule has 0 saturated heterocycles. The minimum Gasteiger partial charge on any atom is -0.404 e. The van der Waals surface area contributed by atoms with Crippen LogP contribution in [0.4, 0.5) is 4.39 Å². The maximum absolute atomic E-state index is 13.8. The van der Waals surface area contributed by atoms with Crippen LogP contribution in [0, 0.1) is 5.82 Å². The van der Waals surface area contributed by atoms with Crippen molar-refractivity contribution >= 4 is 5.97 Å². The van der Waals surface area contributed by atoms with Crippen LogP contribution in [0.3, 0.4) is 0 Å². The molecule has 158 valence electrons. The lowest BCUT2D eigenvalue weighted by atomic mass is 9.93. The van der Waals surface area contributed by atoms with Crippen molar-refractivity contribution in [3.63, 3.8) is 0 Å². The molecule has 3 aromatic rings. The predicted molar refractivity (Wildman–Crippen MR) is 117 cm³/mol. The maximum Gasteiger partial charge on any atom is 0.344 e. The fraction of sp³-hybridized carbons (Fsp3) is 0.360. The van der Waals surface area contributed by atoms with Gasteiger partial charge in [0.05, 0.1) is 16.9 Å². The van der Waals surface area contributed by atoms with Crippen molar-refractivity contribution in [3.05, 3.63) is 77.2 Å². The third-order valence-electron chi connectivity index (χ3n) is 4.95. The summed E-state index contributed by atoms with van der Waals surface area (Å²) in [5, 5.41) is 4.57. The Hall–Kier alpha value is -2.95. The molecule has 0 aliphatic rings. The summed E-state index contributed by atoms with van der Waals surface area (Å²) in [6, 6.07) is 15.3. The molecule has 2 aromatic carbocycles. The summed E-state index contributed by atoms with van der Waals surface area (Å²) in [4.78, 5) is 12.8. The van der Waals surface area contributed by atoms with Crippen LogP contribution in [-0.4, -0.2) is 15.7 Å². The van der Waals surface area contributed by atoms with Gasteiger partial charge in [-0.15, -0.1) is 0 Å². The number of carbonyl (C=O) groups is 1. The zero-order valence-electron chi connectivity index (χ0n) is 18.1. The van der Waals surface area contributed by atoms with Gasteiger partial charge >= 0.3 is 5.97 Å². The fourth-order valence-electron chi connectivity index (χ4n) is 3.14. The molecule has 5 heteroatoms. The van der Waals surface area contributed by atoms with Crippen LogP contribution < -0.4 is 4.74 Å². The van der Waals surface area contributed by atoms with Crippen LogP contribution in [0.1, 0.15) is 68.6 Å². The molecule has 0 spiro atoms. The Kier molecular flexibility index (Phi) is 6.70. The van der Waals surface area contributed by atoms with Crippen molar-refractivity contribution in [2.75, 3.05) is 0 Å². The molecule has 4 nitrogen and oxygen atoms in total. The predicted octanol–water partition coefficient (Wildman–Crippen LogP) is 6.26. The van der Waals surface area contributed by atoms with E-state index in [1.54, 1.807) is 30.3 Å².